The Morgan fingerprint density at radius 1 is 1.17 bits per heavy atom. The van der Waals surface area contributed by atoms with Gasteiger partial charge in [-0.05, 0) is 39.2 Å². The van der Waals surface area contributed by atoms with Crippen LogP contribution in [-0.4, -0.2) is 41.7 Å². The highest BCUT2D eigenvalue weighted by Gasteiger charge is 2.45. The third-order valence-electron chi connectivity index (χ3n) is 4.17. The molecule has 0 bridgehead atoms. The van der Waals surface area contributed by atoms with E-state index < -0.39 is 11.0 Å². The lowest BCUT2D eigenvalue weighted by molar-refractivity contribution is -0.150. The summed E-state index contributed by atoms with van der Waals surface area (Å²) in [7, 11) is 0. The molecule has 0 saturated carbocycles. The van der Waals surface area contributed by atoms with E-state index in [9.17, 15) is 9.59 Å². The summed E-state index contributed by atoms with van der Waals surface area (Å²) in [6.07, 6.45) is 0.604. The quantitative estimate of drug-likeness (QED) is 0.614. The Labute approximate surface area is 147 Å². The van der Waals surface area contributed by atoms with Gasteiger partial charge < -0.3 is 14.4 Å². The molecular weight excluding hydrogens is 330 g/mol. The molecule has 0 aliphatic carbocycles. The van der Waals surface area contributed by atoms with Crippen molar-refractivity contribution in [2.45, 2.75) is 44.6 Å². The number of nitrogens with zero attached hydrogens (tertiary/aromatic N) is 1. The van der Waals surface area contributed by atoms with Gasteiger partial charge in [-0.3, -0.25) is 4.79 Å². The van der Waals surface area contributed by atoms with Gasteiger partial charge in [0.25, 0.3) is 0 Å². The van der Waals surface area contributed by atoms with Gasteiger partial charge in [0.2, 0.25) is 0 Å². The summed E-state index contributed by atoms with van der Waals surface area (Å²) in [5, 5.41) is 0. The maximum Gasteiger partial charge on any atom is 0.410 e. The fraction of sp³-hybridized carbons (Fsp3) is 0.556. The maximum atomic E-state index is 12.6. The van der Waals surface area contributed by atoms with Crippen molar-refractivity contribution in [3.8, 4) is 0 Å². The fourth-order valence-corrected chi connectivity index (χ4v) is 3.05. The third-order valence-corrected chi connectivity index (χ3v) is 4.28. The molecule has 132 valence electrons. The van der Waals surface area contributed by atoms with Crippen LogP contribution in [0, 0.1) is 0 Å². The van der Waals surface area contributed by atoms with E-state index >= 15 is 0 Å². The Morgan fingerprint density at radius 2 is 1.75 bits per heavy atom. The van der Waals surface area contributed by atoms with E-state index in [-0.39, 0.29) is 18.1 Å². The van der Waals surface area contributed by atoms with E-state index in [4.69, 9.17) is 21.1 Å². The largest absolute Gasteiger partial charge is 0.449 e. The van der Waals surface area contributed by atoms with Crippen molar-refractivity contribution in [3.05, 3.63) is 35.9 Å². The Balaban J connectivity index is 2.16. The van der Waals surface area contributed by atoms with E-state index in [1.807, 2.05) is 51.1 Å². The minimum absolute atomic E-state index is 0.177. The van der Waals surface area contributed by atoms with Crippen molar-refractivity contribution in [1.82, 2.24) is 4.90 Å². The van der Waals surface area contributed by atoms with Crippen LogP contribution in [-0.2, 0) is 19.7 Å². The summed E-state index contributed by atoms with van der Waals surface area (Å²) in [6, 6.07) is 9.34. The van der Waals surface area contributed by atoms with Crippen molar-refractivity contribution >= 4 is 23.7 Å². The Kier molecular flexibility index (Phi) is 5.75. The van der Waals surface area contributed by atoms with Gasteiger partial charge in [0.15, 0.2) is 6.07 Å². The molecule has 0 atom stereocenters. The van der Waals surface area contributed by atoms with Crippen LogP contribution in [0.4, 0.5) is 4.79 Å². The Hall–Kier alpha value is -1.75. The van der Waals surface area contributed by atoms with Gasteiger partial charge in [-0.25, -0.2) is 4.79 Å². The van der Waals surface area contributed by atoms with Gasteiger partial charge in [-0.1, -0.05) is 41.9 Å². The summed E-state index contributed by atoms with van der Waals surface area (Å²) in [5.41, 5.74) is -0.416. The van der Waals surface area contributed by atoms with Gasteiger partial charge in [-0.2, -0.15) is 0 Å². The SMILES string of the molecule is CC(C)(C)OC(=O)N1CCC(C(=O)OCCl)(c2ccccc2)CC1. The number of carbonyl (C=O) groups excluding carboxylic acids is 2. The topological polar surface area (TPSA) is 55.8 Å². The maximum absolute atomic E-state index is 12.6. The van der Waals surface area contributed by atoms with Gasteiger partial charge in [0.1, 0.15) is 5.60 Å². The lowest BCUT2D eigenvalue weighted by Gasteiger charge is -2.40. The van der Waals surface area contributed by atoms with Crippen LogP contribution in [0.25, 0.3) is 0 Å². The molecule has 1 aromatic rings. The zero-order valence-corrected chi connectivity index (χ0v) is 15.1. The van der Waals surface area contributed by atoms with Crippen molar-refractivity contribution in [1.29, 1.82) is 0 Å². The molecule has 1 aliphatic heterocycles. The molecule has 2 rings (SSSR count). The van der Waals surface area contributed by atoms with Crippen LogP contribution in [0.3, 0.4) is 0 Å². The van der Waals surface area contributed by atoms with Crippen molar-refractivity contribution < 1.29 is 19.1 Å². The third kappa shape index (κ3) is 4.20. The van der Waals surface area contributed by atoms with Crippen molar-refractivity contribution in [2.75, 3.05) is 19.2 Å². The van der Waals surface area contributed by atoms with E-state index in [2.05, 4.69) is 0 Å². The molecule has 5 nitrogen and oxygen atoms in total. The molecule has 1 amide bonds. The standard InChI is InChI=1S/C18H24ClNO4/c1-17(2,3)24-16(22)20-11-9-18(10-12-20,15(21)23-13-19)14-7-5-4-6-8-14/h4-8H,9-13H2,1-3H3. The first-order valence-corrected chi connectivity index (χ1v) is 8.58. The van der Waals surface area contributed by atoms with Crippen LogP contribution in [0.1, 0.15) is 39.2 Å². The van der Waals surface area contributed by atoms with Crippen LogP contribution in [0.5, 0.6) is 0 Å². The molecule has 0 spiro atoms. The molecule has 24 heavy (non-hydrogen) atoms. The molecule has 1 saturated heterocycles. The number of carbonyl (C=O) groups is 2. The zero-order chi connectivity index (χ0) is 17.8. The number of piperidine rings is 1. The molecular formula is C18H24ClNO4. The predicted octanol–water partition coefficient (Wildman–Crippen LogP) is 3.69. The minimum atomic E-state index is -0.769. The average Bonchev–Trinajstić information content (AvgIpc) is 2.54. The smallest absolute Gasteiger partial charge is 0.410 e. The first-order valence-electron chi connectivity index (χ1n) is 8.05. The van der Waals surface area contributed by atoms with Gasteiger partial charge in [0.05, 0.1) is 5.41 Å². The highest BCUT2D eigenvalue weighted by molar-refractivity contribution is 6.17. The summed E-state index contributed by atoms with van der Waals surface area (Å²) in [6.45, 7) is 6.37. The highest BCUT2D eigenvalue weighted by Crippen LogP contribution is 2.37. The van der Waals surface area contributed by atoms with Crippen molar-refractivity contribution in [2.24, 2.45) is 0 Å². The molecule has 6 heteroatoms. The first-order chi connectivity index (χ1) is 11.3. The molecule has 0 aromatic heterocycles. The van der Waals surface area contributed by atoms with E-state index in [0.29, 0.717) is 25.9 Å². The number of alkyl halides is 1. The molecule has 0 radical (unpaired) electrons. The number of benzene rings is 1. The molecule has 1 aliphatic rings. The monoisotopic (exact) mass is 353 g/mol. The Morgan fingerprint density at radius 3 is 2.25 bits per heavy atom. The second-order valence-corrected chi connectivity index (χ2v) is 7.17. The van der Waals surface area contributed by atoms with E-state index in [0.717, 1.165) is 5.56 Å². The number of hydrogen-bond acceptors (Lipinski definition) is 4. The molecule has 1 heterocycles. The van der Waals surface area contributed by atoms with Gasteiger partial charge in [0, 0.05) is 13.1 Å². The minimum Gasteiger partial charge on any atom is -0.449 e. The Bertz CT molecular complexity index is 574. The second kappa shape index (κ2) is 7.43. The second-order valence-electron chi connectivity index (χ2n) is 6.96. The summed E-state index contributed by atoms with van der Waals surface area (Å²) in [5.74, 6) is -0.340. The molecule has 0 unspecified atom stereocenters. The molecule has 0 N–H and O–H groups in total. The summed E-state index contributed by atoms with van der Waals surface area (Å²) < 4.78 is 10.5. The van der Waals surface area contributed by atoms with Crippen LogP contribution >= 0.6 is 11.6 Å². The lowest BCUT2D eigenvalue weighted by Crippen LogP contribution is -2.50. The average molecular weight is 354 g/mol. The molecule has 1 aromatic carbocycles. The van der Waals surface area contributed by atoms with E-state index in [1.165, 1.54) is 0 Å². The van der Waals surface area contributed by atoms with Crippen molar-refractivity contribution in [3.63, 3.8) is 0 Å². The van der Waals surface area contributed by atoms with Gasteiger partial charge >= 0.3 is 12.1 Å². The number of halogens is 1. The lowest BCUT2D eigenvalue weighted by atomic mass is 9.73. The zero-order valence-electron chi connectivity index (χ0n) is 14.4. The predicted molar refractivity (Wildman–Crippen MR) is 92.0 cm³/mol. The van der Waals surface area contributed by atoms with Crippen LogP contribution in [0.15, 0.2) is 30.3 Å². The summed E-state index contributed by atoms with van der Waals surface area (Å²) >= 11 is 5.59. The fourth-order valence-electron chi connectivity index (χ4n) is 2.95. The number of ether oxygens (including phenoxy) is 2. The highest BCUT2D eigenvalue weighted by atomic mass is 35.5. The molecule has 1 fully saturated rings. The van der Waals surface area contributed by atoms with Crippen LogP contribution < -0.4 is 0 Å². The summed E-state index contributed by atoms with van der Waals surface area (Å²) in [4.78, 5) is 26.4. The number of amides is 1. The first kappa shape index (κ1) is 18.6. The normalized spacial score (nSPS) is 17.2. The number of rotatable bonds is 3. The number of likely N-dealkylation sites (tertiary alicyclic amines) is 1. The number of esters is 1. The number of hydrogen-bond donors (Lipinski definition) is 0. The van der Waals surface area contributed by atoms with E-state index in [1.54, 1.807) is 4.90 Å². The van der Waals surface area contributed by atoms with Gasteiger partial charge in [-0.15, -0.1) is 0 Å². The van der Waals surface area contributed by atoms with Crippen LogP contribution in [0.2, 0.25) is 0 Å².